The molecule has 0 aliphatic heterocycles. The summed E-state index contributed by atoms with van der Waals surface area (Å²) < 4.78 is 38.0. The van der Waals surface area contributed by atoms with Gasteiger partial charge in [-0.05, 0) is 24.3 Å². The average Bonchev–Trinajstić information content (AvgIpc) is 2.67. The minimum absolute atomic E-state index is 0.0499. The quantitative estimate of drug-likeness (QED) is 0.518. The van der Waals surface area contributed by atoms with Crippen molar-refractivity contribution in [2.24, 2.45) is 0 Å². The highest BCUT2D eigenvalue weighted by Gasteiger charge is 2.30. The first-order valence-corrected chi connectivity index (χ1v) is 8.20. The Hall–Kier alpha value is -3.93. The Kier molecular flexibility index (Phi) is 6.87. The number of halogens is 3. The first kappa shape index (κ1) is 21.4. The fraction of sp³-hybridized carbons (Fsp3) is 0.294. The maximum atomic E-state index is 12.7. The molecule has 0 saturated carbocycles. The monoisotopic (exact) mass is 405 g/mol. The molecule has 1 heterocycles. The Morgan fingerprint density at radius 1 is 1.10 bits per heavy atom. The van der Waals surface area contributed by atoms with Crippen molar-refractivity contribution in [3.8, 4) is 12.1 Å². The topological polar surface area (TPSA) is 132 Å². The van der Waals surface area contributed by atoms with Gasteiger partial charge in [0.2, 0.25) is 11.6 Å². The van der Waals surface area contributed by atoms with Gasteiger partial charge in [0.25, 0.3) is 0 Å². The van der Waals surface area contributed by atoms with E-state index >= 15 is 0 Å². The lowest BCUT2D eigenvalue weighted by molar-refractivity contribution is -0.383. The Bertz CT molecular complexity index is 931. The van der Waals surface area contributed by atoms with E-state index in [-0.39, 0.29) is 43.3 Å². The molecule has 2 aromatic rings. The summed E-state index contributed by atoms with van der Waals surface area (Å²) in [5.74, 6) is -0.316. The van der Waals surface area contributed by atoms with Crippen LogP contribution < -0.4 is 10.2 Å². The fourth-order valence-electron chi connectivity index (χ4n) is 2.43. The van der Waals surface area contributed by atoms with Crippen LogP contribution in [0, 0.1) is 32.8 Å². The zero-order chi connectivity index (χ0) is 21.4. The van der Waals surface area contributed by atoms with Gasteiger partial charge >= 0.3 is 11.9 Å². The number of hydrogen-bond donors (Lipinski definition) is 1. The molecule has 0 radical (unpaired) electrons. The van der Waals surface area contributed by atoms with Crippen molar-refractivity contribution in [2.75, 3.05) is 23.3 Å². The first-order valence-electron chi connectivity index (χ1n) is 8.20. The van der Waals surface area contributed by atoms with E-state index in [4.69, 9.17) is 10.5 Å². The van der Waals surface area contributed by atoms with E-state index in [0.717, 1.165) is 30.6 Å². The average molecular weight is 405 g/mol. The summed E-state index contributed by atoms with van der Waals surface area (Å²) in [5.41, 5.74) is -1.21. The summed E-state index contributed by atoms with van der Waals surface area (Å²) in [7, 11) is 0. The molecule has 0 spiro atoms. The van der Waals surface area contributed by atoms with E-state index in [1.54, 1.807) is 0 Å². The number of nitrogens with zero attached hydrogens (tertiary/aromatic N) is 6. The van der Waals surface area contributed by atoms with Gasteiger partial charge in [-0.2, -0.15) is 23.7 Å². The summed E-state index contributed by atoms with van der Waals surface area (Å²) >= 11 is 0. The number of nitrogens with one attached hydrogen (secondary N) is 1. The summed E-state index contributed by atoms with van der Waals surface area (Å²) in [6.45, 7) is 0.214. The largest absolute Gasteiger partial charge is 0.416 e. The van der Waals surface area contributed by atoms with Crippen molar-refractivity contribution in [1.82, 2.24) is 9.97 Å². The Morgan fingerprint density at radius 3 is 2.17 bits per heavy atom. The maximum absolute atomic E-state index is 12.7. The molecule has 0 aliphatic rings. The number of aromatic nitrogens is 2. The molecule has 2 rings (SSSR count). The molecular weight excluding hydrogens is 391 g/mol. The summed E-state index contributed by atoms with van der Waals surface area (Å²) in [6.07, 6.45) is -3.35. The van der Waals surface area contributed by atoms with E-state index in [1.165, 1.54) is 4.90 Å². The number of hydrogen-bond acceptors (Lipinski definition) is 8. The van der Waals surface area contributed by atoms with Crippen molar-refractivity contribution in [1.29, 1.82) is 10.5 Å². The minimum atomic E-state index is -4.51. The Labute approximate surface area is 163 Å². The predicted molar refractivity (Wildman–Crippen MR) is 96.1 cm³/mol. The molecule has 0 unspecified atom stereocenters. The smallest absolute Gasteiger partial charge is 0.349 e. The second kappa shape index (κ2) is 9.32. The Balaban J connectivity index is 2.40. The van der Waals surface area contributed by atoms with E-state index in [9.17, 15) is 23.3 Å². The third kappa shape index (κ3) is 5.52. The lowest BCUT2D eigenvalue weighted by Gasteiger charge is -2.21. The molecular formula is C17H14F3N7O2. The molecule has 0 bridgehead atoms. The molecule has 29 heavy (non-hydrogen) atoms. The van der Waals surface area contributed by atoms with Crippen LogP contribution in [0.1, 0.15) is 18.4 Å². The zero-order valence-electron chi connectivity index (χ0n) is 14.8. The van der Waals surface area contributed by atoms with Gasteiger partial charge in [-0.25, -0.2) is 9.97 Å². The molecule has 9 nitrogen and oxygen atoms in total. The lowest BCUT2D eigenvalue weighted by Crippen LogP contribution is -2.27. The number of rotatable bonds is 8. The molecule has 0 fully saturated rings. The second-order valence-corrected chi connectivity index (χ2v) is 5.65. The highest BCUT2D eigenvalue weighted by atomic mass is 19.4. The van der Waals surface area contributed by atoms with Gasteiger partial charge in [0.05, 0.1) is 35.5 Å². The molecule has 1 aromatic heterocycles. The number of nitriles is 2. The number of nitro groups is 1. The van der Waals surface area contributed by atoms with Crippen LogP contribution in [0.25, 0.3) is 0 Å². The first-order chi connectivity index (χ1) is 13.8. The number of alkyl halides is 3. The van der Waals surface area contributed by atoms with Crippen molar-refractivity contribution < 1.29 is 18.1 Å². The highest BCUT2D eigenvalue weighted by molar-refractivity contribution is 5.74. The molecule has 1 aromatic carbocycles. The van der Waals surface area contributed by atoms with Gasteiger partial charge in [0, 0.05) is 18.8 Å². The Morgan fingerprint density at radius 2 is 1.69 bits per heavy atom. The summed E-state index contributed by atoms with van der Waals surface area (Å²) in [6, 6.07) is 7.76. The van der Waals surface area contributed by atoms with Crippen LogP contribution in [-0.2, 0) is 6.18 Å². The normalized spacial score (nSPS) is 10.7. The van der Waals surface area contributed by atoms with Gasteiger partial charge in [-0.15, -0.1) is 0 Å². The molecule has 0 saturated heterocycles. The number of anilines is 3. The standard InChI is InChI=1S/C17H14F3N7O2/c18-17(19,20)12-3-5-13(6-4-12)25-15-14(27(28)29)16(24-11-23-15)26(9-1-7-21)10-2-8-22/h3-6,11H,1-2,9-10H2,(H,23,24,25). The van der Waals surface area contributed by atoms with E-state index in [2.05, 4.69) is 15.3 Å². The zero-order valence-corrected chi connectivity index (χ0v) is 14.8. The lowest BCUT2D eigenvalue weighted by atomic mass is 10.2. The van der Waals surface area contributed by atoms with Crippen molar-refractivity contribution in [3.05, 3.63) is 46.3 Å². The fourth-order valence-corrected chi connectivity index (χ4v) is 2.43. The van der Waals surface area contributed by atoms with E-state index in [0.29, 0.717) is 0 Å². The maximum Gasteiger partial charge on any atom is 0.416 e. The third-order valence-corrected chi connectivity index (χ3v) is 3.75. The van der Waals surface area contributed by atoms with Crippen LogP contribution in [0.15, 0.2) is 30.6 Å². The molecule has 12 heteroatoms. The van der Waals surface area contributed by atoms with Crippen molar-refractivity contribution in [3.63, 3.8) is 0 Å². The van der Waals surface area contributed by atoms with Crippen molar-refractivity contribution in [2.45, 2.75) is 19.0 Å². The van der Waals surface area contributed by atoms with Crippen LogP contribution >= 0.6 is 0 Å². The second-order valence-electron chi connectivity index (χ2n) is 5.65. The van der Waals surface area contributed by atoms with Gasteiger partial charge in [-0.1, -0.05) is 0 Å². The van der Waals surface area contributed by atoms with Crippen LogP contribution in [0.2, 0.25) is 0 Å². The van der Waals surface area contributed by atoms with Gasteiger partial charge in [0.15, 0.2) is 0 Å². The van der Waals surface area contributed by atoms with Crippen LogP contribution in [0.3, 0.4) is 0 Å². The van der Waals surface area contributed by atoms with Crippen molar-refractivity contribution >= 4 is 23.0 Å². The third-order valence-electron chi connectivity index (χ3n) is 3.75. The number of benzene rings is 1. The van der Waals surface area contributed by atoms with Gasteiger partial charge in [0.1, 0.15) is 6.33 Å². The highest BCUT2D eigenvalue weighted by Crippen LogP contribution is 2.35. The van der Waals surface area contributed by atoms with Crippen LogP contribution in [-0.4, -0.2) is 28.0 Å². The molecule has 0 amide bonds. The minimum Gasteiger partial charge on any atom is -0.349 e. The predicted octanol–water partition coefficient (Wildman–Crippen LogP) is 3.78. The van der Waals surface area contributed by atoms with Crippen LogP contribution in [0.4, 0.5) is 36.2 Å². The summed E-state index contributed by atoms with van der Waals surface area (Å²) in [4.78, 5) is 20.1. The molecule has 0 aliphatic carbocycles. The van der Waals surface area contributed by atoms with Gasteiger partial charge < -0.3 is 10.2 Å². The summed E-state index contributed by atoms with van der Waals surface area (Å²) in [5, 5.41) is 31.9. The van der Waals surface area contributed by atoms with Crippen LogP contribution in [0.5, 0.6) is 0 Å². The SMILES string of the molecule is N#CCCN(CCC#N)c1ncnc(Nc2ccc(C(F)(F)F)cc2)c1[N+](=O)[O-]. The molecule has 0 atom stereocenters. The molecule has 150 valence electrons. The van der Waals surface area contributed by atoms with E-state index in [1.807, 2.05) is 12.1 Å². The molecule has 1 N–H and O–H groups in total. The van der Waals surface area contributed by atoms with E-state index < -0.39 is 22.4 Å². The van der Waals surface area contributed by atoms with Gasteiger partial charge in [-0.3, -0.25) is 10.1 Å².